The summed E-state index contributed by atoms with van der Waals surface area (Å²) in [7, 11) is 0. The number of ether oxygens (including phenoxy) is 1. The second-order valence-corrected chi connectivity index (χ2v) is 4.68. The van der Waals surface area contributed by atoms with Crippen molar-refractivity contribution in [1.82, 2.24) is 5.32 Å². The highest BCUT2D eigenvalue weighted by molar-refractivity contribution is 5.54. The predicted molar refractivity (Wildman–Crippen MR) is 67.0 cm³/mol. The maximum atomic E-state index is 12.5. The van der Waals surface area contributed by atoms with E-state index in [1.807, 2.05) is 0 Å². The molecule has 0 spiro atoms. The second kappa shape index (κ2) is 5.69. The van der Waals surface area contributed by atoms with Crippen molar-refractivity contribution < 1.29 is 17.9 Å². The Kier molecular flexibility index (Phi) is 4.19. The molecular weight excluding hydrogens is 257 g/mol. The Balaban J connectivity index is 1.90. The van der Waals surface area contributed by atoms with Crippen molar-refractivity contribution in [2.75, 3.05) is 18.9 Å². The Hall–Kier alpha value is -1.43. The summed E-state index contributed by atoms with van der Waals surface area (Å²) >= 11 is 0. The molecule has 1 atom stereocenters. The summed E-state index contributed by atoms with van der Waals surface area (Å²) in [6, 6.07) is 3.61. The first-order valence-corrected chi connectivity index (χ1v) is 6.30. The molecule has 3 nitrogen and oxygen atoms in total. The van der Waals surface area contributed by atoms with Crippen LogP contribution in [0.1, 0.15) is 24.8 Å². The van der Waals surface area contributed by atoms with Gasteiger partial charge in [0.15, 0.2) is 0 Å². The number of nitrogens with one attached hydrogen (secondary N) is 1. The number of nitrogens with two attached hydrogens (primary N) is 1. The predicted octanol–water partition coefficient (Wildman–Crippen LogP) is 2.81. The van der Waals surface area contributed by atoms with Crippen LogP contribution in [0.2, 0.25) is 0 Å². The van der Waals surface area contributed by atoms with Crippen molar-refractivity contribution in [2.45, 2.75) is 31.5 Å². The van der Waals surface area contributed by atoms with Gasteiger partial charge in [0.05, 0.1) is 17.9 Å². The van der Waals surface area contributed by atoms with E-state index >= 15 is 0 Å². The van der Waals surface area contributed by atoms with Gasteiger partial charge in [-0.25, -0.2) is 0 Å². The van der Waals surface area contributed by atoms with E-state index in [0.29, 0.717) is 18.4 Å². The van der Waals surface area contributed by atoms with Gasteiger partial charge in [-0.1, -0.05) is 0 Å². The molecule has 0 amide bonds. The van der Waals surface area contributed by atoms with Crippen LogP contribution in [0, 0.1) is 0 Å². The molecule has 1 saturated heterocycles. The van der Waals surface area contributed by atoms with Gasteiger partial charge in [0, 0.05) is 6.04 Å². The second-order valence-electron chi connectivity index (χ2n) is 4.68. The minimum atomic E-state index is -4.37. The van der Waals surface area contributed by atoms with Gasteiger partial charge in [0.2, 0.25) is 0 Å². The Bertz CT molecular complexity index is 428. The van der Waals surface area contributed by atoms with Crippen LogP contribution in [0.4, 0.5) is 18.9 Å². The van der Waals surface area contributed by atoms with Crippen LogP contribution in [0.25, 0.3) is 0 Å². The lowest BCUT2D eigenvalue weighted by atomic mass is 10.1. The van der Waals surface area contributed by atoms with E-state index in [1.54, 1.807) is 0 Å². The van der Waals surface area contributed by atoms with Gasteiger partial charge in [-0.15, -0.1) is 0 Å². The summed E-state index contributed by atoms with van der Waals surface area (Å²) in [5.41, 5.74) is 4.84. The van der Waals surface area contributed by atoms with Gasteiger partial charge in [-0.3, -0.25) is 0 Å². The minimum Gasteiger partial charge on any atom is -0.491 e. The number of hydrogen-bond acceptors (Lipinski definition) is 3. The molecule has 1 aromatic rings. The number of alkyl halides is 3. The number of rotatable bonds is 4. The summed E-state index contributed by atoms with van der Waals surface area (Å²) in [4.78, 5) is 0. The summed E-state index contributed by atoms with van der Waals surface area (Å²) in [6.07, 6.45) is -1.26. The van der Waals surface area contributed by atoms with Crippen molar-refractivity contribution in [2.24, 2.45) is 0 Å². The third-order valence-corrected chi connectivity index (χ3v) is 3.22. The largest absolute Gasteiger partial charge is 0.491 e. The highest BCUT2D eigenvalue weighted by atomic mass is 19.4. The normalized spacial score (nSPS) is 19.6. The molecule has 106 valence electrons. The maximum Gasteiger partial charge on any atom is 0.416 e. The molecular formula is C13H17F3N2O. The molecule has 1 aliphatic rings. The third kappa shape index (κ3) is 3.76. The fraction of sp³-hybridized carbons (Fsp3) is 0.538. The first-order chi connectivity index (χ1) is 8.97. The van der Waals surface area contributed by atoms with Gasteiger partial charge < -0.3 is 15.8 Å². The molecule has 1 aliphatic heterocycles. The fourth-order valence-corrected chi connectivity index (χ4v) is 2.17. The summed E-state index contributed by atoms with van der Waals surface area (Å²) in [5.74, 6) is 0.311. The smallest absolute Gasteiger partial charge is 0.416 e. The molecule has 0 bridgehead atoms. The lowest BCUT2D eigenvalue weighted by Gasteiger charge is -2.14. The van der Waals surface area contributed by atoms with Crippen LogP contribution >= 0.6 is 0 Å². The molecule has 1 heterocycles. The van der Waals surface area contributed by atoms with Gasteiger partial charge in [0.25, 0.3) is 0 Å². The van der Waals surface area contributed by atoms with Crippen molar-refractivity contribution >= 4 is 5.69 Å². The lowest BCUT2D eigenvalue weighted by molar-refractivity contribution is -0.137. The van der Waals surface area contributed by atoms with Gasteiger partial charge >= 0.3 is 6.18 Å². The molecule has 0 aromatic heterocycles. The molecule has 1 fully saturated rings. The molecule has 1 unspecified atom stereocenters. The Labute approximate surface area is 109 Å². The van der Waals surface area contributed by atoms with Crippen molar-refractivity contribution in [3.05, 3.63) is 23.8 Å². The van der Waals surface area contributed by atoms with E-state index in [4.69, 9.17) is 10.5 Å². The first-order valence-electron chi connectivity index (χ1n) is 6.30. The van der Waals surface area contributed by atoms with Crippen LogP contribution in [0.15, 0.2) is 18.2 Å². The molecule has 0 aliphatic carbocycles. The van der Waals surface area contributed by atoms with Crippen LogP contribution in [0.3, 0.4) is 0 Å². The van der Waals surface area contributed by atoms with Crippen molar-refractivity contribution in [1.29, 1.82) is 0 Å². The van der Waals surface area contributed by atoms with E-state index in [0.717, 1.165) is 37.9 Å². The zero-order valence-corrected chi connectivity index (χ0v) is 10.5. The number of anilines is 1. The Morgan fingerprint density at radius 2 is 2.16 bits per heavy atom. The van der Waals surface area contributed by atoms with Gasteiger partial charge in [0.1, 0.15) is 5.75 Å². The summed E-state index contributed by atoms with van der Waals surface area (Å²) in [5, 5.41) is 3.33. The molecule has 0 saturated carbocycles. The quantitative estimate of drug-likeness (QED) is 0.830. The number of hydrogen-bond donors (Lipinski definition) is 2. The number of halogens is 3. The topological polar surface area (TPSA) is 47.3 Å². The van der Waals surface area contributed by atoms with Crippen LogP contribution in [0.5, 0.6) is 5.75 Å². The van der Waals surface area contributed by atoms with E-state index < -0.39 is 11.7 Å². The van der Waals surface area contributed by atoms with Crippen LogP contribution in [-0.4, -0.2) is 19.2 Å². The standard InChI is InChI=1S/C13H17F3N2O/c14-13(15,16)9-3-4-12(11(17)8-9)19-7-5-10-2-1-6-18-10/h3-4,8,10,18H,1-2,5-7,17H2. The Morgan fingerprint density at radius 3 is 2.74 bits per heavy atom. The van der Waals surface area contributed by atoms with E-state index in [1.165, 1.54) is 6.07 Å². The average molecular weight is 274 g/mol. The molecule has 2 rings (SSSR count). The van der Waals surface area contributed by atoms with Gasteiger partial charge in [-0.05, 0) is 44.0 Å². The highest BCUT2D eigenvalue weighted by Gasteiger charge is 2.30. The molecule has 3 N–H and O–H groups in total. The molecule has 19 heavy (non-hydrogen) atoms. The number of benzene rings is 1. The van der Waals surface area contributed by atoms with Crippen molar-refractivity contribution in [3.8, 4) is 5.75 Å². The minimum absolute atomic E-state index is 0.0224. The fourth-order valence-electron chi connectivity index (χ4n) is 2.17. The lowest BCUT2D eigenvalue weighted by Crippen LogP contribution is -2.23. The van der Waals surface area contributed by atoms with E-state index in [2.05, 4.69) is 5.32 Å². The highest BCUT2D eigenvalue weighted by Crippen LogP contribution is 2.33. The van der Waals surface area contributed by atoms with E-state index in [9.17, 15) is 13.2 Å². The van der Waals surface area contributed by atoms with Crippen LogP contribution < -0.4 is 15.8 Å². The monoisotopic (exact) mass is 274 g/mol. The molecule has 6 heteroatoms. The third-order valence-electron chi connectivity index (χ3n) is 3.22. The first kappa shape index (κ1) is 14.0. The summed E-state index contributed by atoms with van der Waals surface area (Å²) in [6.45, 7) is 1.47. The maximum absolute atomic E-state index is 12.5. The van der Waals surface area contributed by atoms with Crippen LogP contribution in [-0.2, 0) is 6.18 Å². The molecule has 1 aromatic carbocycles. The summed E-state index contributed by atoms with van der Waals surface area (Å²) < 4.78 is 42.8. The average Bonchev–Trinajstić information content (AvgIpc) is 2.83. The van der Waals surface area contributed by atoms with E-state index in [-0.39, 0.29) is 5.69 Å². The zero-order chi connectivity index (χ0) is 13.9. The SMILES string of the molecule is Nc1cc(C(F)(F)F)ccc1OCCC1CCCN1. The van der Waals surface area contributed by atoms with Crippen molar-refractivity contribution in [3.63, 3.8) is 0 Å². The number of nitrogen functional groups attached to an aromatic ring is 1. The zero-order valence-electron chi connectivity index (χ0n) is 10.5. The Morgan fingerprint density at radius 1 is 1.37 bits per heavy atom. The van der Waals surface area contributed by atoms with Gasteiger partial charge in [-0.2, -0.15) is 13.2 Å². The molecule has 0 radical (unpaired) electrons.